The fourth-order valence-corrected chi connectivity index (χ4v) is 3.33. The highest BCUT2D eigenvalue weighted by atomic mass is 19.1. The summed E-state index contributed by atoms with van der Waals surface area (Å²) in [5.74, 6) is 0.161. The minimum absolute atomic E-state index is 0.112. The number of piperidine rings is 1. The van der Waals surface area contributed by atoms with Crippen LogP contribution in [0.4, 0.5) is 10.2 Å². The number of phenols is 1. The molecule has 0 saturated carbocycles. The van der Waals surface area contributed by atoms with E-state index in [1.54, 1.807) is 6.92 Å². The Morgan fingerprint density at radius 3 is 2.67 bits per heavy atom. The molecule has 0 spiro atoms. The highest BCUT2D eigenvalue weighted by Crippen LogP contribution is 2.34. The zero-order valence-corrected chi connectivity index (χ0v) is 14.3. The Morgan fingerprint density at radius 1 is 1.21 bits per heavy atom. The van der Waals surface area contributed by atoms with Gasteiger partial charge in [0.2, 0.25) is 0 Å². The minimum atomic E-state index is -0.459. The summed E-state index contributed by atoms with van der Waals surface area (Å²) < 4.78 is 13.4. The van der Waals surface area contributed by atoms with Crippen molar-refractivity contribution >= 4 is 5.82 Å². The summed E-state index contributed by atoms with van der Waals surface area (Å²) >= 11 is 0. The summed E-state index contributed by atoms with van der Waals surface area (Å²) in [4.78, 5) is 2.30. The molecule has 2 heterocycles. The molecule has 1 fully saturated rings. The number of rotatable bonds is 3. The van der Waals surface area contributed by atoms with E-state index < -0.39 is 5.82 Å². The Hall–Kier alpha value is -2.21. The zero-order valence-electron chi connectivity index (χ0n) is 14.3. The van der Waals surface area contributed by atoms with Gasteiger partial charge in [-0.05, 0) is 63.5 Å². The molecular formula is C18H23FN4O. The zero-order chi connectivity index (χ0) is 17.3. The van der Waals surface area contributed by atoms with Crippen LogP contribution in [0.15, 0.2) is 18.2 Å². The number of halogens is 1. The van der Waals surface area contributed by atoms with Crippen molar-refractivity contribution < 1.29 is 9.50 Å². The van der Waals surface area contributed by atoms with E-state index in [-0.39, 0.29) is 5.75 Å². The van der Waals surface area contributed by atoms with Crippen molar-refractivity contribution in [2.75, 3.05) is 25.5 Å². The highest BCUT2D eigenvalue weighted by Gasteiger charge is 2.19. The monoisotopic (exact) mass is 330 g/mol. The van der Waals surface area contributed by atoms with Gasteiger partial charge in [-0.25, -0.2) is 4.39 Å². The van der Waals surface area contributed by atoms with Crippen LogP contribution in [0.5, 0.6) is 5.75 Å². The Morgan fingerprint density at radius 2 is 2.00 bits per heavy atom. The van der Waals surface area contributed by atoms with E-state index in [4.69, 9.17) is 0 Å². The van der Waals surface area contributed by atoms with Gasteiger partial charge < -0.3 is 15.3 Å². The van der Waals surface area contributed by atoms with Gasteiger partial charge in [0.25, 0.3) is 0 Å². The Kier molecular flexibility index (Phi) is 4.66. The van der Waals surface area contributed by atoms with Crippen molar-refractivity contribution in [3.05, 3.63) is 35.1 Å². The first-order valence-corrected chi connectivity index (χ1v) is 8.23. The molecule has 6 heteroatoms. The van der Waals surface area contributed by atoms with E-state index in [9.17, 15) is 9.50 Å². The van der Waals surface area contributed by atoms with Gasteiger partial charge in [0, 0.05) is 24.2 Å². The Labute approximate surface area is 141 Å². The van der Waals surface area contributed by atoms with Crippen LogP contribution < -0.4 is 5.32 Å². The highest BCUT2D eigenvalue weighted by molar-refractivity contribution is 5.73. The summed E-state index contributed by atoms with van der Waals surface area (Å²) in [6, 6.07) is 4.79. The molecule has 1 aliphatic rings. The number of likely N-dealkylation sites (N-methyl/N-ethyl adjacent to an activating group) is 1. The van der Waals surface area contributed by atoms with Crippen LogP contribution in [0.3, 0.4) is 0 Å². The maximum atomic E-state index is 13.4. The second-order valence-corrected chi connectivity index (χ2v) is 6.62. The number of phenolic OH excluding ortho intramolecular Hbond substituents is 1. The number of nitrogens with zero attached hydrogens (tertiary/aromatic N) is 3. The van der Waals surface area contributed by atoms with Gasteiger partial charge in [0.05, 0.1) is 5.69 Å². The maximum Gasteiger partial charge on any atom is 0.149 e. The van der Waals surface area contributed by atoms with E-state index in [1.165, 1.54) is 12.5 Å². The minimum Gasteiger partial charge on any atom is -0.507 e. The Balaban J connectivity index is 1.85. The number of nitrogens with one attached hydrogen (secondary N) is 1. The lowest BCUT2D eigenvalue weighted by Crippen LogP contribution is -2.39. The van der Waals surface area contributed by atoms with E-state index in [1.807, 2.05) is 13.0 Å². The molecule has 24 heavy (non-hydrogen) atoms. The van der Waals surface area contributed by atoms with E-state index in [2.05, 4.69) is 27.5 Å². The Bertz CT molecular complexity index is 727. The topological polar surface area (TPSA) is 61.3 Å². The molecule has 1 aromatic carbocycles. The molecular weight excluding hydrogens is 307 g/mol. The molecule has 1 saturated heterocycles. The van der Waals surface area contributed by atoms with E-state index >= 15 is 0 Å². The SMILES string of the molecule is Cc1cc(N[C@@H]2CCCN(C)C2)nnc1-c1c(C)cc(F)cc1O. The smallest absolute Gasteiger partial charge is 0.149 e. The van der Waals surface area contributed by atoms with Crippen molar-refractivity contribution in [2.45, 2.75) is 32.7 Å². The molecule has 128 valence electrons. The average molecular weight is 330 g/mol. The lowest BCUT2D eigenvalue weighted by atomic mass is 10.0. The standard InChI is InChI=1S/C18H23FN4O/c1-11-7-13(19)9-15(24)17(11)18-12(2)8-16(21-22-18)20-14-5-4-6-23(3)10-14/h7-9,14,24H,4-6,10H2,1-3H3,(H,20,21)/t14-/m1/s1. The molecule has 0 aliphatic carbocycles. The van der Waals surface area contributed by atoms with Crippen molar-refractivity contribution in [1.29, 1.82) is 0 Å². The fraction of sp³-hybridized carbons (Fsp3) is 0.444. The molecule has 0 unspecified atom stereocenters. The van der Waals surface area contributed by atoms with E-state index in [0.29, 0.717) is 22.9 Å². The van der Waals surface area contributed by atoms with E-state index in [0.717, 1.165) is 37.0 Å². The predicted molar refractivity (Wildman–Crippen MR) is 92.7 cm³/mol. The van der Waals surface area contributed by atoms with Gasteiger partial charge in [-0.2, -0.15) is 0 Å². The fourth-order valence-electron chi connectivity index (χ4n) is 3.33. The number of benzene rings is 1. The van der Waals surface area contributed by atoms with Gasteiger partial charge >= 0.3 is 0 Å². The molecule has 1 aromatic heterocycles. The molecule has 2 N–H and O–H groups in total. The molecule has 5 nitrogen and oxygen atoms in total. The molecule has 3 rings (SSSR count). The second-order valence-electron chi connectivity index (χ2n) is 6.62. The summed E-state index contributed by atoms with van der Waals surface area (Å²) in [5.41, 5.74) is 2.64. The number of aromatic nitrogens is 2. The van der Waals surface area contributed by atoms with Crippen molar-refractivity contribution in [3.63, 3.8) is 0 Å². The van der Waals surface area contributed by atoms with Gasteiger partial charge in [0.1, 0.15) is 17.4 Å². The first-order valence-electron chi connectivity index (χ1n) is 8.23. The van der Waals surface area contributed by atoms with Gasteiger partial charge in [0.15, 0.2) is 0 Å². The number of hydrogen-bond donors (Lipinski definition) is 2. The molecule has 2 aromatic rings. The average Bonchev–Trinajstić information content (AvgIpc) is 2.48. The van der Waals surface area contributed by atoms with Gasteiger partial charge in [-0.1, -0.05) is 0 Å². The summed E-state index contributed by atoms with van der Waals surface area (Å²) in [5, 5.41) is 22.0. The first-order chi connectivity index (χ1) is 11.4. The molecule has 0 bridgehead atoms. The van der Waals surface area contributed by atoms with Crippen LogP contribution in [0.25, 0.3) is 11.3 Å². The molecule has 1 atom stereocenters. The number of hydrogen-bond acceptors (Lipinski definition) is 5. The van der Waals surface area contributed by atoms with Crippen LogP contribution >= 0.6 is 0 Å². The molecule has 0 radical (unpaired) electrons. The normalized spacial score (nSPS) is 18.6. The largest absolute Gasteiger partial charge is 0.507 e. The van der Waals surface area contributed by atoms with Gasteiger partial charge in [-0.15, -0.1) is 10.2 Å². The third kappa shape index (κ3) is 3.48. The van der Waals surface area contributed by atoms with Crippen LogP contribution in [0.1, 0.15) is 24.0 Å². The molecule has 0 amide bonds. The summed E-state index contributed by atoms with van der Waals surface area (Å²) in [7, 11) is 2.12. The van der Waals surface area contributed by atoms with Crippen molar-refractivity contribution in [3.8, 4) is 17.0 Å². The van der Waals surface area contributed by atoms with Gasteiger partial charge in [-0.3, -0.25) is 0 Å². The lowest BCUT2D eigenvalue weighted by molar-refractivity contribution is 0.260. The maximum absolute atomic E-state index is 13.4. The first kappa shape index (κ1) is 16.6. The number of aromatic hydroxyl groups is 1. The number of anilines is 1. The predicted octanol–water partition coefficient (Wildman–Crippen LogP) is 3.11. The third-order valence-electron chi connectivity index (χ3n) is 4.48. The van der Waals surface area contributed by atoms with Crippen LogP contribution in [-0.2, 0) is 0 Å². The molecule has 1 aliphatic heterocycles. The second kappa shape index (κ2) is 6.73. The third-order valence-corrected chi connectivity index (χ3v) is 4.48. The summed E-state index contributed by atoms with van der Waals surface area (Å²) in [6.45, 7) is 5.79. The van der Waals surface area contributed by atoms with Crippen molar-refractivity contribution in [1.82, 2.24) is 15.1 Å². The summed E-state index contributed by atoms with van der Waals surface area (Å²) in [6.07, 6.45) is 2.28. The lowest BCUT2D eigenvalue weighted by Gasteiger charge is -2.30. The van der Waals surface area contributed by atoms with Crippen LogP contribution in [0, 0.1) is 19.7 Å². The number of aryl methyl sites for hydroxylation is 2. The quantitative estimate of drug-likeness (QED) is 0.905. The van der Waals surface area contributed by atoms with Crippen LogP contribution in [-0.4, -0.2) is 46.4 Å². The van der Waals surface area contributed by atoms with Crippen molar-refractivity contribution in [2.24, 2.45) is 0 Å². The number of likely N-dealkylation sites (tertiary alicyclic amines) is 1. The van der Waals surface area contributed by atoms with Crippen LogP contribution in [0.2, 0.25) is 0 Å².